The molecule has 25 heavy (non-hydrogen) atoms. The summed E-state index contributed by atoms with van der Waals surface area (Å²) in [4.78, 5) is 11.6. The Bertz CT molecular complexity index is 598. The molecule has 0 amide bonds. The highest BCUT2D eigenvalue weighted by atomic mass is 16.7. The molecule has 1 rings (SSSR count). The van der Waals surface area contributed by atoms with Crippen molar-refractivity contribution in [2.45, 2.75) is 32.5 Å². The number of carbonyl (C=O) groups is 1. The van der Waals surface area contributed by atoms with E-state index in [0.717, 1.165) is 18.4 Å². The maximum atomic E-state index is 11.6. The molecule has 0 N–H and O–H groups in total. The quantitative estimate of drug-likeness (QED) is 0.478. The van der Waals surface area contributed by atoms with E-state index in [-0.39, 0.29) is 11.9 Å². The lowest BCUT2D eigenvalue weighted by molar-refractivity contribution is -0.143. The Morgan fingerprint density at radius 1 is 1.12 bits per heavy atom. The number of methoxy groups -OCH3 is 2. The second-order valence-corrected chi connectivity index (χ2v) is 5.55. The first-order valence-corrected chi connectivity index (χ1v) is 8.22. The number of ether oxygens (including phenoxy) is 3. The first-order valence-electron chi connectivity index (χ1n) is 8.22. The number of nitriles is 2. The van der Waals surface area contributed by atoms with Crippen LogP contribution in [-0.2, 0) is 20.6 Å². The molecule has 0 aliphatic heterocycles. The van der Waals surface area contributed by atoms with Crippen LogP contribution in [0.25, 0.3) is 0 Å². The lowest BCUT2D eigenvalue weighted by Crippen LogP contribution is -2.30. The molecular formula is C19H24N2O4. The van der Waals surface area contributed by atoms with Crippen LogP contribution in [0.3, 0.4) is 0 Å². The first kappa shape index (κ1) is 20.6. The molecule has 0 bridgehead atoms. The molecule has 1 unspecified atom stereocenters. The molecule has 1 aromatic carbocycles. The van der Waals surface area contributed by atoms with Crippen molar-refractivity contribution in [3.05, 3.63) is 35.4 Å². The number of esters is 1. The third kappa shape index (κ3) is 6.19. The summed E-state index contributed by atoms with van der Waals surface area (Å²) in [5.74, 6) is -1.43. The van der Waals surface area contributed by atoms with Gasteiger partial charge >= 0.3 is 5.97 Å². The third-order valence-corrected chi connectivity index (χ3v) is 3.99. The van der Waals surface area contributed by atoms with Gasteiger partial charge in [0.1, 0.15) is 5.92 Å². The third-order valence-electron chi connectivity index (χ3n) is 3.99. The molecule has 0 saturated carbocycles. The monoisotopic (exact) mass is 344 g/mol. The number of aryl methyl sites for hydroxylation is 1. The van der Waals surface area contributed by atoms with Crippen LogP contribution in [0, 0.1) is 34.5 Å². The molecule has 0 aromatic heterocycles. The van der Waals surface area contributed by atoms with Crippen LogP contribution in [0.15, 0.2) is 24.3 Å². The molecule has 134 valence electrons. The van der Waals surface area contributed by atoms with Crippen molar-refractivity contribution in [2.24, 2.45) is 11.8 Å². The second-order valence-electron chi connectivity index (χ2n) is 5.55. The summed E-state index contributed by atoms with van der Waals surface area (Å²) in [6, 6.07) is 11.3. The van der Waals surface area contributed by atoms with Crippen molar-refractivity contribution in [3.63, 3.8) is 0 Å². The van der Waals surface area contributed by atoms with Gasteiger partial charge < -0.3 is 14.2 Å². The van der Waals surface area contributed by atoms with E-state index in [9.17, 15) is 4.79 Å². The molecule has 6 nitrogen and oxygen atoms in total. The van der Waals surface area contributed by atoms with Gasteiger partial charge in [0.05, 0.1) is 24.3 Å². The first-order chi connectivity index (χ1) is 12.1. The van der Waals surface area contributed by atoms with Gasteiger partial charge in [-0.15, -0.1) is 0 Å². The Labute approximate surface area is 148 Å². The van der Waals surface area contributed by atoms with Crippen LogP contribution in [0.2, 0.25) is 0 Å². The van der Waals surface area contributed by atoms with Gasteiger partial charge in [-0.3, -0.25) is 0 Å². The van der Waals surface area contributed by atoms with E-state index in [1.807, 2.05) is 24.3 Å². The van der Waals surface area contributed by atoms with Gasteiger partial charge in [-0.2, -0.15) is 10.5 Å². The average Bonchev–Trinajstić information content (AvgIpc) is 2.64. The molecule has 0 saturated heterocycles. The highest BCUT2D eigenvalue weighted by Gasteiger charge is 2.29. The zero-order valence-corrected chi connectivity index (χ0v) is 14.9. The van der Waals surface area contributed by atoms with Crippen LogP contribution >= 0.6 is 0 Å². The van der Waals surface area contributed by atoms with Crippen LogP contribution < -0.4 is 0 Å². The Morgan fingerprint density at radius 3 is 2.20 bits per heavy atom. The Morgan fingerprint density at radius 2 is 1.72 bits per heavy atom. The predicted octanol–water partition coefficient (Wildman–Crippen LogP) is 3.08. The van der Waals surface area contributed by atoms with E-state index in [0.29, 0.717) is 18.6 Å². The summed E-state index contributed by atoms with van der Waals surface area (Å²) in [6.07, 6.45) is 1.57. The fraction of sp³-hybridized carbons (Fsp3) is 0.526. The zero-order valence-electron chi connectivity index (χ0n) is 14.9. The number of nitrogens with zero attached hydrogens (tertiary/aromatic N) is 2. The summed E-state index contributed by atoms with van der Waals surface area (Å²) >= 11 is 0. The highest BCUT2D eigenvalue weighted by Crippen LogP contribution is 2.24. The molecule has 0 spiro atoms. The number of hydrogen-bond acceptors (Lipinski definition) is 6. The van der Waals surface area contributed by atoms with Gasteiger partial charge in [0.25, 0.3) is 0 Å². The van der Waals surface area contributed by atoms with E-state index in [4.69, 9.17) is 24.7 Å². The Kier molecular flexibility index (Phi) is 9.24. The molecule has 6 heteroatoms. The van der Waals surface area contributed by atoms with Crippen LogP contribution in [-0.4, -0.2) is 33.1 Å². The topological polar surface area (TPSA) is 92.3 Å². The van der Waals surface area contributed by atoms with Gasteiger partial charge in [-0.25, -0.2) is 4.79 Å². The molecule has 0 radical (unpaired) electrons. The smallest absolute Gasteiger partial charge is 0.338 e. The average molecular weight is 344 g/mol. The second kappa shape index (κ2) is 11.2. The van der Waals surface area contributed by atoms with Gasteiger partial charge in [-0.1, -0.05) is 12.1 Å². The van der Waals surface area contributed by atoms with Crippen molar-refractivity contribution in [1.29, 1.82) is 10.5 Å². The van der Waals surface area contributed by atoms with Gasteiger partial charge in [-0.05, 0) is 43.9 Å². The molecule has 0 aliphatic carbocycles. The fourth-order valence-electron chi connectivity index (χ4n) is 2.69. The lowest BCUT2D eigenvalue weighted by Gasteiger charge is -2.25. The minimum absolute atomic E-state index is 0.316. The summed E-state index contributed by atoms with van der Waals surface area (Å²) in [6.45, 7) is 2.12. The highest BCUT2D eigenvalue weighted by molar-refractivity contribution is 5.89. The van der Waals surface area contributed by atoms with E-state index in [1.54, 1.807) is 19.1 Å². The van der Waals surface area contributed by atoms with Gasteiger partial charge in [0, 0.05) is 20.1 Å². The SMILES string of the molecule is CCOC(=O)c1ccc(CCCC(C(C#N)C#N)C(OC)OC)cc1. The van der Waals surface area contributed by atoms with E-state index in [1.165, 1.54) is 14.2 Å². The number of benzene rings is 1. The Hall–Kier alpha value is -2.41. The standard InChI is InChI=1S/C19H24N2O4/c1-4-25-18(22)15-10-8-14(9-11-15)6-5-7-17(16(12-20)13-21)19(23-2)24-3/h8-11,16-17,19H,4-7H2,1-3H3. The molecule has 0 fully saturated rings. The number of hydrogen-bond donors (Lipinski definition) is 0. The van der Waals surface area contributed by atoms with E-state index in [2.05, 4.69) is 0 Å². The molecule has 1 aromatic rings. The summed E-state index contributed by atoms with van der Waals surface area (Å²) in [5.41, 5.74) is 1.60. The zero-order chi connectivity index (χ0) is 18.7. The fourth-order valence-corrected chi connectivity index (χ4v) is 2.69. The lowest BCUT2D eigenvalue weighted by atomic mass is 9.88. The minimum atomic E-state index is -0.781. The molecule has 1 atom stereocenters. The van der Waals surface area contributed by atoms with Crippen molar-refractivity contribution in [3.8, 4) is 12.1 Å². The van der Waals surface area contributed by atoms with Crippen molar-refractivity contribution < 1.29 is 19.0 Å². The summed E-state index contributed by atoms with van der Waals surface area (Å²) < 4.78 is 15.4. The summed E-state index contributed by atoms with van der Waals surface area (Å²) in [5, 5.41) is 18.3. The van der Waals surface area contributed by atoms with Crippen LogP contribution in [0.1, 0.15) is 35.7 Å². The predicted molar refractivity (Wildman–Crippen MR) is 91.3 cm³/mol. The maximum Gasteiger partial charge on any atom is 0.338 e. The van der Waals surface area contributed by atoms with E-state index < -0.39 is 12.2 Å². The summed E-state index contributed by atoms with van der Waals surface area (Å²) in [7, 11) is 3.00. The molecular weight excluding hydrogens is 320 g/mol. The molecule has 0 aliphatic rings. The minimum Gasteiger partial charge on any atom is -0.462 e. The van der Waals surface area contributed by atoms with Crippen molar-refractivity contribution in [2.75, 3.05) is 20.8 Å². The van der Waals surface area contributed by atoms with Gasteiger partial charge in [0.15, 0.2) is 6.29 Å². The van der Waals surface area contributed by atoms with Crippen LogP contribution in [0.4, 0.5) is 0 Å². The normalized spacial score (nSPS) is 11.8. The van der Waals surface area contributed by atoms with Crippen molar-refractivity contribution in [1.82, 2.24) is 0 Å². The van der Waals surface area contributed by atoms with Crippen molar-refractivity contribution >= 4 is 5.97 Å². The van der Waals surface area contributed by atoms with Gasteiger partial charge in [0.2, 0.25) is 0 Å². The Balaban J connectivity index is 2.65. The number of carbonyl (C=O) groups excluding carboxylic acids is 1. The largest absolute Gasteiger partial charge is 0.462 e. The molecule has 0 heterocycles. The number of rotatable bonds is 10. The maximum absolute atomic E-state index is 11.6. The van der Waals surface area contributed by atoms with E-state index >= 15 is 0 Å². The van der Waals surface area contributed by atoms with Crippen LogP contribution in [0.5, 0.6) is 0 Å².